The van der Waals surface area contributed by atoms with Crippen LogP contribution in [0.3, 0.4) is 0 Å². The van der Waals surface area contributed by atoms with E-state index in [1.165, 1.54) is 6.20 Å². The van der Waals surface area contributed by atoms with Gasteiger partial charge in [-0.2, -0.15) is 5.10 Å². The van der Waals surface area contributed by atoms with Crippen molar-refractivity contribution < 1.29 is 17.6 Å². The molecule has 1 fully saturated rings. The number of anilines is 1. The Hall–Kier alpha value is -2.94. The Kier molecular flexibility index (Phi) is 4.77. The molecule has 3 aromatic rings. The molecule has 2 heterocycles. The van der Waals surface area contributed by atoms with Gasteiger partial charge in [0, 0.05) is 18.0 Å². The normalized spacial score (nSPS) is 19.5. The second kappa shape index (κ2) is 7.14. The lowest BCUT2D eigenvalue weighted by molar-refractivity contribution is 0.100. The molecular formula is C20H21FN4O3S. The number of halogens is 1. The van der Waals surface area contributed by atoms with Crippen molar-refractivity contribution in [2.75, 3.05) is 11.6 Å². The number of carbonyl (C=O) groups excluding carboxylic acids is 1. The molecule has 1 aliphatic carbocycles. The second-order valence-electron chi connectivity index (χ2n) is 7.35. The van der Waals surface area contributed by atoms with Crippen molar-refractivity contribution in [3.8, 4) is 11.1 Å². The summed E-state index contributed by atoms with van der Waals surface area (Å²) < 4.78 is 39.1. The fourth-order valence-corrected chi connectivity index (χ4v) is 4.34. The van der Waals surface area contributed by atoms with E-state index in [2.05, 4.69) is 10.4 Å². The Morgan fingerprint density at radius 1 is 1.24 bits per heavy atom. The zero-order valence-corrected chi connectivity index (χ0v) is 16.6. The van der Waals surface area contributed by atoms with Crippen LogP contribution in [0.5, 0.6) is 0 Å². The first-order valence-electron chi connectivity index (χ1n) is 9.26. The quantitative estimate of drug-likeness (QED) is 0.665. The lowest BCUT2D eigenvalue weighted by Gasteiger charge is -2.19. The highest BCUT2D eigenvalue weighted by molar-refractivity contribution is 7.90. The van der Waals surface area contributed by atoms with Crippen molar-refractivity contribution in [1.29, 1.82) is 0 Å². The van der Waals surface area contributed by atoms with Crippen LogP contribution >= 0.6 is 0 Å². The lowest BCUT2D eigenvalue weighted by atomic mass is 10.1. The summed E-state index contributed by atoms with van der Waals surface area (Å²) in [4.78, 5) is 12.1. The summed E-state index contributed by atoms with van der Waals surface area (Å²) in [5.41, 5.74) is 8.35. The van der Waals surface area contributed by atoms with Crippen LogP contribution in [-0.2, 0) is 9.84 Å². The standard InChI is InChI=1S/C20H21FN4O3S/c1-29(27,28)14-7-5-12(6-8-14)13-9-18-19(24-17-4-2-3-16(17)21)15(20(22)26)10-23-25(18)11-13/h5-11,16-17,24H,2-4H2,1H3,(H2,22,26)/t16-,17+/m0/s1. The molecule has 2 atom stereocenters. The number of amides is 1. The molecule has 3 N–H and O–H groups in total. The molecule has 1 saturated carbocycles. The molecule has 152 valence electrons. The number of fused-ring (bicyclic) bond motifs is 1. The third-order valence-corrected chi connectivity index (χ3v) is 6.41. The van der Waals surface area contributed by atoms with E-state index in [-0.39, 0.29) is 16.5 Å². The topological polar surface area (TPSA) is 107 Å². The number of aromatic nitrogens is 2. The lowest BCUT2D eigenvalue weighted by Crippen LogP contribution is -2.27. The molecular weight excluding hydrogens is 395 g/mol. The first-order valence-corrected chi connectivity index (χ1v) is 11.2. The predicted octanol–water partition coefficient (Wildman–Crippen LogP) is 2.81. The SMILES string of the molecule is CS(=O)(=O)c1ccc(-c2cc3c(N[C@@H]4CCC[C@@H]4F)c(C(N)=O)cnn3c2)cc1. The van der Waals surface area contributed by atoms with Crippen molar-refractivity contribution in [1.82, 2.24) is 9.61 Å². The summed E-state index contributed by atoms with van der Waals surface area (Å²) >= 11 is 0. The minimum atomic E-state index is -3.28. The van der Waals surface area contributed by atoms with Gasteiger partial charge in [0.2, 0.25) is 0 Å². The fraction of sp³-hybridized carbons (Fsp3) is 0.300. The number of hydrogen-bond donors (Lipinski definition) is 2. The number of rotatable bonds is 5. The van der Waals surface area contributed by atoms with E-state index >= 15 is 0 Å². The van der Waals surface area contributed by atoms with Gasteiger partial charge in [-0.25, -0.2) is 17.3 Å². The van der Waals surface area contributed by atoms with Crippen molar-refractivity contribution >= 4 is 26.9 Å². The Balaban J connectivity index is 1.78. The van der Waals surface area contributed by atoms with Crippen LogP contribution in [-0.4, -0.2) is 42.4 Å². The minimum absolute atomic E-state index is 0.202. The zero-order valence-electron chi connectivity index (χ0n) is 15.8. The highest BCUT2D eigenvalue weighted by Gasteiger charge is 2.29. The number of nitrogens with two attached hydrogens (primary N) is 1. The van der Waals surface area contributed by atoms with Gasteiger partial charge in [0.1, 0.15) is 6.17 Å². The van der Waals surface area contributed by atoms with Crippen LogP contribution in [0.2, 0.25) is 0 Å². The van der Waals surface area contributed by atoms with Gasteiger partial charge in [-0.3, -0.25) is 4.79 Å². The zero-order chi connectivity index (χ0) is 20.8. The molecule has 1 aromatic carbocycles. The maximum absolute atomic E-state index is 14.2. The third-order valence-electron chi connectivity index (χ3n) is 5.28. The maximum atomic E-state index is 14.2. The van der Waals surface area contributed by atoms with Gasteiger partial charge in [0.05, 0.1) is 33.9 Å². The highest BCUT2D eigenvalue weighted by atomic mass is 32.2. The molecule has 4 rings (SSSR count). The number of benzene rings is 1. The number of hydrogen-bond acceptors (Lipinski definition) is 5. The van der Waals surface area contributed by atoms with Crippen LogP contribution in [0, 0.1) is 0 Å². The summed E-state index contributed by atoms with van der Waals surface area (Å²) in [6.45, 7) is 0. The Morgan fingerprint density at radius 2 is 1.97 bits per heavy atom. The van der Waals surface area contributed by atoms with Crippen molar-refractivity contribution in [2.24, 2.45) is 5.73 Å². The average Bonchev–Trinajstić information content (AvgIpc) is 3.27. The summed E-state index contributed by atoms with van der Waals surface area (Å²) in [5.74, 6) is -0.642. The second-order valence-corrected chi connectivity index (χ2v) is 9.37. The molecule has 0 bridgehead atoms. The van der Waals surface area contributed by atoms with Gasteiger partial charge in [-0.15, -0.1) is 0 Å². The summed E-state index contributed by atoms with van der Waals surface area (Å²) in [6.07, 6.45) is 5.26. The van der Waals surface area contributed by atoms with Gasteiger partial charge in [-0.05, 0) is 43.0 Å². The summed E-state index contributed by atoms with van der Waals surface area (Å²) in [5, 5.41) is 7.41. The van der Waals surface area contributed by atoms with Crippen LogP contribution in [0.1, 0.15) is 29.6 Å². The average molecular weight is 416 g/mol. The molecule has 1 aliphatic rings. The Bertz CT molecular complexity index is 1190. The van der Waals surface area contributed by atoms with Crippen molar-refractivity contribution in [2.45, 2.75) is 36.4 Å². The van der Waals surface area contributed by atoms with E-state index in [4.69, 9.17) is 5.73 Å². The van der Waals surface area contributed by atoms with Crippen LogP contribution in [0.4, 0.5) is 10.1 Å². The molecule has 0 saturated heterocycles. The highest BCUT2D eigenvalue weighted by Crippen LogP contribution is 2.32. The molecule has 29 heavy (non-hydrogen) atoms. The van der Waals surface area contributed by atoms with E-state index in [9.17, 15) is 17.6 Å². The molecule has 9 heteroatoms. The first-order chi connectivity index (χ1) is 13.7. The number of nitrogens with zero attached hydrogens (tertiary/aromatic N) is 2. The smallest absolute Gasteiger partial charge is 0.252 e. The van der Waals surface area contributed by atoms with Crippen LogP contribution in [0.15, 0.2) is 47.6 Å². The molecule has 0 aliphatic heterocycles. The van der Waals surface area contributed by atoms with E-state index in [1.807, 2.05) is 6.07 Å². The summed E-state index contributed by atoms with van der Waals surface area (Å²) in [7, 11) is -3.28. The molecule has 7 nitrogen and oxygen atoms in total. The Morgan fingerprint density at radius 3 is 2.55 bits per heavy atom. The van der Waals surface area contributed by atoms with Crippen LogP contribution in [0.25, 0.3) is 16.6 Å². The van der Waals surface area contributed by atoms with Crippen molar-refractivity contribution in [3.63, 3.8) is 0 Å². The van der Waals surface area contributed by atoms with Gasteiger partial charge in [-0.1, -0.05) is 12.1 Å². The van der Waals surface area contributed by atoms with Crippen molar-refractivity contribution in [3.05, 3.63) is 48.3 Å². The van der Waals surface area contributed by atoms with Crippen LogP contribution < -0.4 is 11.1 Å². The number of carbonyl (C=O) groups is 1. The molecule has 0 unspecified atom stereocenters. The van der Waals surface area contributed by atoms with Gasteiger partial charge in [0.15, 0.2) is 9.84 Å². The van der Waals surface area contributed by atoms with E-state index in [0.717, 1.165) is 23.8 Å². The summed E-state index contributed by atoms with van der Waals surface area (Å²) in [6, 6.07) is 7.94. The third kappa shape index (κ3) is 3.69. The molecule has 2 aromatic heterocycles. The van der Waals surface area contributed by atoms with Gasteiger partial charge in [0.25, 0.3) is 5.91 Å². The molecule has 0 radical (unpaired) electrons. The van der Waals surface area contributed by atoms with E-state index in [0.29, 0.717) is 24.0 Å². The van der Waals surface area contributed by atoms with Gasteiger partial charge < -0.3 is 11.1 Å². The largest absolute Gasteiger partial charge is 0.377 e. The number of nitrogens with one attached hydrogen (secondary N) is 1. The monoisotopic (exact) mass is 416 g/mol. The number of primary amides is 1. The fourth-order valence-electron chi connectivity index (χ4n) is 3.71. The molecule has 1 amide bonds. The predicted molar refractivity (Wildman–Crippen MR) is 108 cm³/mol. The van der Waals surface area contributed by atoms with E-state index in [1.54, 1.807) is 35.0 Å². The minimum Gasteiger partial charge on any atom is -0.377 e. The number of sulfone groups is 1. The maximum Gasteiger partial charge on any atom is 0.252 e. The number of alkyl halides is 1. The molecule has 0 spiro atoms. The van der Waals surface area contributed by atoms with Gasteiger partial charge >= 0.3 is 0 Å². The first kappa shape index (κ1) is 19.4. The Labute approximate surface area is 167 Å². The van der Waals surface area contributed by atoms with E-state index < -0.39 is 21.9 Å².